The second-order valence-electron chi connectivity index (χ2n) is 5.37. The van der Waals surface area contributed by atoms with Crippen molar-refractivity contribution in [3.8, 4) is 0 Å². The Balaban J connectivity index is 1.78. The molecule has 128 valence electrons. The summed E-state index contributed by atoms with van der Waals surface area (Å²) in [5, 5.41) is 2.37. The summed E-state index contributed by atoms with van der Waals surface area (Å²) in [6.45, 7) is 0.0540. The standard InChI is InChI=1S/C14H16F5N3O/c15-10-5-11(16)7-12(6-10)20-13(23)8-21-1-3-22(4-2-21)9-14(17,18)19/h5-7H,1-4,8-9H2,(H,20,23). The minimum atomic E-state index is -4.24. The molecule has 4 nitrogen and oxygen atoms in total. The molecule has 0 bridgehead atoms. The maximum absolute atomic E-state index is 13.0. The van der Waals surface area contributed by atoms with E-state index in [1.165, 1.54) is 4.90 Å². The van der Waals surface area contributed by atoms with Gasteiger partial charge in [-0.15, -0.1) is 0 Å². The van der Waals surface area contributed by atoms with Gasteiger partial charge in [-0.2, -0.15) is 13.2 Å². The van der Waals surface area contributed by atoms with Crippen LogP contribution in [0.1, 0.15) is 0 Å². The lowest BCUT2D eigenvalue weighted by Gasteiger charge is -2.34. The number of nitrogens with one attached hydrogen (secondary N) is 1. The van der Waals surface area contributed by atoms with Gasteiger partial charge in [-0.25, -0.2) is 8.78 Å². The number of hydrogen-bond acceptors (Lipinski definition) is 3. The zero-order valence-electron chi connectivity index (χ0n) is 12.2. The summed E-state index contributed by atoms with van der Waals surface area (Å²) in [5.74, 6) is -2.08. The first-order valence-corrected chi connectivity index (χ1v) is 6.99. The summed E-state index contributed by atoms with van der Waals surface area (Å²) in [5.41, 5.74) is 0.00297. The van der Waals surface area contributed by atoms with E-state index in [0.717, 1.165) is 12.1 Å². The maximum atomic E-state index is 13.0. The number of carbonyl (C=O) groups excluding carboxylic acids is 1. The van der Waals surface area contributed by atoms with Gasteiger partial charge in [0.05, 0.1) is 13.1 Å². The molecule has 0 spiro atoms. The molecule has 0 unspecified atom stereocenters. The average Bonchev–Trinajstić information content (AvgIpc) is 2.38. The number of carbonyl (C=O) groups is 1. The highest BCUT2D eigenvalue weighted by Crippen LogP contribution is 2.17. The highest BCUT2D eigenvalue weighted by atomic mass is 19.4. The molecule has 0 aliphatic carbocycles. The molecule has 0 saturated carbocycles. The van der Waals surface area contributed by atoms with Crippen molar-refractivity contribution in [1.29, 1.82) is 0 Å². The number of benzene rings is 1. The molecule has 0 radical (unpaired) electrons. The first-order valence-electron chi connectivity index (χ1n) is 6.99. The maximum Gasteiger partial charge on any atom is 0.401 e. The van der Waals surface area contributed by atoms with Crippen LogP contribution in [0.15, 0.2) is 18.2 Å². The first kappa shape index (κ1) is 17.6. The highest BCUT2D eigenvalue weighted by molar-refractivity contribution is 5.92. The fraction of sp³-hybridized carbons (Fsp3) is 0.500. The fourth-order valence-corrected chi connectivity index (χ4v) is 2.39. The van der Waals surface area contributed by atoms with Crippen LogP contribution in [-0.2, 0) is 4.79 Å². The minimum absolute atomic E-state index is 0.00297. The normalized spacial score (nSPS) is 17.3. The number of anilines is 1. The quantitative estimate of drug-likeness (QED) is 0.855. The van der Waals surface area contributed by atoms with Crippen LogP contribution in [0.4, 0.5) is 27.6 Å². The molecule has 1 aromatic carbocycles. The Morgan fingerprint density at radius 1 is 1.00 bits per heavy atom. The minimum Gasteiger partial charge on any atom is -0.325 e. The Labute approximate surface area is 129 Å². The molecule has 1 saturated heterocycles. The number of halogens is 5. The number of nitrogens with zero attached hydrogens (tertiary/aromatic N) is 2. The molecule has 23 heavy (non-hydrogen) atoms. The van der Waals surface area contributed by atoms with E-state index in [1.807, 2.05) is 0 Å². The predicted molar refractivity (Wildman–Crippen MR) is 73.9 cm³/mol. The van der Waals surface area contributed by atoms with Crippen LogP contribution in [0.2, 0.25) is 0 Å². The monoisotopic (exact) mass is 337 g/mol. The van der Waals surface area contributed by atoms with Crippen LogP contribution in [0.25, 0.3) is 0 Å². The van der Waals surface area contributed by atoms with Gasteiger partial charge in [-0.1, -0.05) is 0 Å². The van der Waals surface area contributed by atoms with Crippen molar-refractivity contribution >= 4 is 11.6 Å². The zero-order valence-corrected chi connectivity index (χ0v) is 12.2. The van der Waals surface area contributed by atoms with Gasteiger partial charge in [0.2, 0.25) is 5.91 Å². The van der Waals surface area contributed by atoms with E-state index in [2.05, 4.69) is 5.32 Å². The molecule has 1 amide bonds. The molecule has 9 heteroatoms. The van der Waals surface area contributed by atoms with E-state index in [0.29, 0.717) is 19.2 Å². The summed E-state index contributed by atoms with van der Waals surface area (Å²) >= 11 is 0. The molecule has 1 N–H and O–H groups in total. The largest absolute Gasteiger partial charge is 0.401 e. The Hall–Kier alpha value is -1.74. The van der Waals surface area contributed by atoms with Crippen LogP contribution in [-0.4, -0.2) is 61.2 Å². The summed E-state index contributed by atoms with van der Waals surface area (Å²) < 4.78 is 62.9. The third-order valence-corrected chi connectivity index (χ3v) is 3.38. The van der Waals surface area contributed by atoms with Gasteiger partial charge in [0, 0.05) is 37.9 Å². The lowest BCUT2D eigenvalue weighted by atomic mass is 10.3. The average molecular weight is 337 g/mol. The van der Waals surface area contributed by atoms with E-state index >= 15 is 0 Å². The molecule has 1 aliphatic heterocycles. The Kier molecular flexibility index (Phi) is 5.53. The molecule has 0 atom stereocenters. The van der Waals surface area contributed by atoms with Crippen molar-refractivity contribution in [1.82, 2.24) is 9.80 Å². The van der Waals surface area contributed by atoms with Gasteiger partial charge in [0.1, 0.15) is 11.6 Å². The Morgan fingerprint density at radius 2 is 1.52 bits per heavy atom. The highest BCUT2D eigenvalue weighted by Gasteiger charge is 2.32. The second-order valence-corrected chi connectivity index (χ2v) is 5.37. The number of hydrogen-bond donors (Lipinski definition) is 1. The van der Waals surface area contributed by atoms with Crippen molar-refractivity contribution in [2.24, 2.45) is 0 Å². The van der Waals surface area contributed by atoms with Crippen molar-refractivity contribution in [3.63, 3.8) is 0 Å². The van der Waals surface area contributed by atoms with E-state index in [1.54, 1.807) is 4.90 Å². The predicted octanol–water partition coefficient (Wildman–Crippen LogP) is 2.08. The Morgan fingerprint density at radius 3 is 2.04 bits per heavy atom. The molecular weight excluding hydrogens is 321 g/mol. The summed E-state index contributed by atoms with van der Waals surface area (Å²) in [6, 6.07) is 2.67. The third kappa shape index (κ3) is 6.11. The summed E-state index contributed by atoms with van der Waals surface area (Å²) in [6.07, 6.45) is -4.24. The van der Waals surface area contributed by atoms with Crippen LogP contribution in [0.3, 0.4) is 0 Å². The number of rotatable bonds is 4. The second kappa shape index (κ2) is 7.22. The molecule has 1 fully saturated rings. The number of alkyl halides is 3. The van der Waals surface area contributed by atoms with Gasteiger partial charge in [0.25, 0.3) is 0 Å². The molecule has 1 aliphatic rings. The van der Waals surface area contributed by atoms with Gasteiger partial charge < -0.3 is 5.32 Å². The van der Waals surface area contributed by atoms with E-state index in [-0.39, 0.29) is 25.3 Å². The molecule has 1 aromatic rings. The van der Waals surface area contributed by atoms with E-state index < -0.39 is 30.3 Å². The number of piperazine rings is 1. The van der Waals surface area contributed by atoms with Crippen LogP contribution in [0.5, 0.6) is 0 Å². The van der Waals surface area contributed by atoms with E-state index in [4.69, 9.17) is 0 Å². The van der Waals surface area contributed by atoms with Gasteiger partial charge >= 0.3 is 6.18 Å². The van der Waals surface area contributed by atoms with E-state index in [9.17, 15) is 26.7 Å². The fourth-order valence-electron chi connectivity index (χ4n) is 2.39. The van der Waals surface area contributed by atoms with Gasteiger partial charge in [-0.3, -0.25) is 14.6 Å². The summed E-state index contributed by atoms with van der Waals surface area (Å²) in [7, 11) is 0. The third-order valence-electron chi connectivity index (χ3n) is 3.38. The van der Waals surface area contributed by atoms with Crippen molar-refractivity contribution < 1.29 is 26.7 Å². The van der Waals surface area contributed by atoms with Crippen molar-refractivity contribution in [3.05, 3.63) is 29.8 Å². The first-order chi connectivity index (χ1) is 10.7. The lowest BCUT2D eigenvalue weighted by molar-refractivity contribution is -0.149. The van der Waals surface area contributed by atoms with Crippen LogP contribution >= 0.6 is 0 Å². The van der Waals surface area contributed by atoms with Crippen LogP contribution in [0, 0.1) is 11.6 Å². The van der Waals surface area contributed by atoms with Gasteiger partial charge in [-0.05, 0) is 12.1 Å². The van der Waals surface area contributed by atoms with Crippen molar-refractivity contribution in [2.45, 2.75) is 6.18 Å². The Bertz CT molecular complexity index is 536. The molecule has 1 heterocycles. The zero-order chi connectivity index (χ0) is 17.0. The van der Waals surface area contributed by atoms with Crippen molar-refractivity contribution in [2.75, 3.05) is 44.6 Å². The topological polar surface area (TPSA) is 35.6 Å². The summed E-state index contributed by atoms with van der Waals surface area (Å²) in [4.78, 5) is 14.8. The number of amides is 1. The van der Waals surface area contributed by atoms with Crippen LogP contribution < -0.4 is 5.32 Å². The lowest BCUT2D eigenvalue weighted by Crippen LogP contribution is -2.50. The molecule has 0 aromatic heterocycles. The molecule has 2 rings (SSSR count). The smallest absolute Gasteiger partial charge is 0.325 e. The van der Waals surface area contributed by atoms with Gasteiger partial charge in [0.15, 0.2) is 0 Å². The molecular formula is C14H16F5N3O. The SMILES string of the molecule is O=C(CN1CCN(CC(F)(F)F)CC1)Nc1cc(F)cc(F)c1.